The highest BCUT2D eigenvalue weighted by Crippen LogP contribution is 2.22. The van der Waals surface area contributed by atoms with Crippen molar-refractivity contribution in [2.24, 2.45) is 5.92 Å². The lowest BCUT2D eigenvalue weighted by atomic mass is 9.96. The first-order valence-electron chi connectivity index (χ1n) is 7.58. The molecule has 1 unspecified atom stereocenters. The van der Waals surface area contributed by atoms with Crippen molar-refractivity contribution in [2.45, 2.75) is 26.4 Å². The molecule has 1 atom stereocenters. The largest absolute Gasteiger partial charge is 0.361 e. The molecule has 0 amide bonds. The fourth-order valence-corrected chi connectivity index (χ4v) is 2.84. The third-order valence-electron chi connectivity index (χ3n) is 3.97. The zero-order valence-electron chi connectivity index (χ0n) is 12.6. The summed E-state index contributed by atoms with van der Waals surface area (Å²) in [5.41, 5.74) is 3.88. The summed E-state index contributed by atoms with van der Waals surface area (Å²) in [4.78, 5) is 3.24. The van der Waals surface area contributed by atoms with Crippen LogP contribution >= 0.6 is 0 Å². The highest BCUT2D eigenvalue weighted by atomic mass is 14.9. The van der Waals surface area contributed by atoms with Crippen molar-refractivity contribution in [1.29, 1.82) is 0 Å². The van der Waals surface area contributed by atoms with Crippen LogP contribution < -0.4 is 5.32 Å². The Morgan fingerprint density at radius 1 is 1.00 bits per heavy atom. The molecule has 0 aliphatic heterocycles. The minimum absolute atomic E-state index is 0.383. The summed E-state index contributed by atoms with van der Waals surface area (Å²) in [5.74, 6) is 0.559. The lowest BCUT2D eigenvalue weighted by molar-refractivity contribution is 0.411. The first kappa shape index (κ1) is 13.9. The molecule has 1 aromatic heterocycles. The summed E-state index contributed by atoms with van der Waals surface area (Å²) in [6, 6.07) is 19.8. The Labute approximate surface area is 126 Å². The lowest BCUT2D eigenvalue weighted by Crippen LogP contribution is -2.25. The fraction of sp³-hybridized carbons (Fsp3) is 0.263. The fourth-order valence-electron chi connectivity index (χ4n) is 2.84. The molecular formula is C19H22N2. The van der Waals surface area contributed by atoms with Gasteiger partial charge >= 0.3 is 0 Å². The molecule has 2 N–H and O–H groups in total. The normalized spacial score (nSPS) is 12.9. The summed E-state index contributed by atoms with van der Waals surface area (Å²) in [5, 5.41) is 4.97. The smallest absolute Gasteiger partial charge is 0.0454 e. The Balaban J connectivity index is 1.74. The van der Waals surface area contributed by atoms with E-state index in [-0.39, 0.29) is 0 Å². The van der Waals surface area contributed by atoms with Crippen LogP contribution in [-0.2, 0) is 6.54 Å². The molecule has 0 bridgehead atoms. The van der Waals surface area contributed by atoms with Gasteiger partial charge in [-0.2, -0.15) is 0 Å². The molecule has 1 heterocycles. The number of nitrogens with one attached hydrogen (secondary N) is 2. The lowest BCUT2D eigenvalue weighted by Gasteiger charge is -2.23. The van der Waals surface area contributed by atoms with Crippen LogP contribution in [0.15, 0.2) is 60.8 Å². The van der Waals surface area contributed by atoms with Crippen LogP contribution in [0.25, 0.3) is 10.9 Å². The predicted molar refractivity (Wildman–Crippen MR) is 89.2 cm³/mol. The molecule has 0 saturated heterocycles. The van der Waals surface area contributed by atoms with Crippen LogP contribution in [-0.4, -0.2) is 4.98 Å². The van der Waals surface area contributed by atoms with Gasteiger partial charge in [0.05, 0.1) is 0 Å². The molecule has 108 valence electrons. The van der Waals surface area contributed by atoms with E-state index in [0.29, 0.717) is 12.0 Å². The van der Waals surface area contributed by atoms with Gasteiger partial charge in [-0.1, -0.05) is 50.2 Å². The molecule has 0 radical (unpaired) electrons. The standard InChI is InChI=1S/C19H22N2/c1-14(2)19(16-6-4-3-5-7-16)21-13-15-8-9-18-17(12-15)10-11-20-18/h3-12,14,19-21H,13H2,1-2H3. The van der Waals surface area contributed by atoms with E-state index in [2.05, 4.69) is 78.7 Å². The van der Waals surface area contributed by atoms with Crippen molar-refractivity contribution in [3.63, 3.8) is 0 Å². The zero-order valence-corrected chi connectivity index (χ0v) is 12.6. The highest BCUT2D eigenvalue weighted by molar-refractivity contribution is 5.79. The molecule has 0 saturated carbocycles. The Bertz CT molecular complexity index is 698. The van der Waals surface area contributed by atoms with E-state index in [1.165, 1.54) is 22.0 Å². The number of aromatic nitrogens is 1. The average molecular weight is 278 g/mol. The first-order chi connectivity index (χ1) is 10.2. The van der Waals surface area contributed by atoms with Crippen LogP contribution in [0.4, 0.5) is 0 Å². The van der Waals surface area contributed by atoms with E-state index in [9.17, 15) is 0 Å². The minimum Gasteiger partial charge on any atom is -0.361 e. The van der Waals surface area contributed by atoms with Crippen molar-refractivity contribution in [1.82, 2.24) is 10.3 Å². The van der Waals surface area contributed by atoms with Crippen molar-refractivity contribution >= 4 is 10.9 Å². The van der Waals surface area contributed by atoms with Crippen molar-refractivity contribution in [3.8, 4) is 0 Å². The van der Waals surface area contributed by atoms with Gasteiger partial charge < -0.3 is 10.3 Å². The van der Waals surface area contributed by atoms with Crippen molar-refractivity contribution in [2.75, 3.05) is 0 Å². The summed E-state index contributed by atoms with van der Waals surface area (Å²) in [6.07, 6.45) is 1.99. The topological polar surface area (TPSA) is 27.8 Å². The average Bonchev–Trinajstić information content (AvgIpc) is 2.96. The first-order valence-corrected chi connectivity index (χ1v) is 7.58. The molecule has 21 heavy (non-hydrogen) atoms. The highest BCUT2D eigenvalue weighted by Gasteiger charge is 2.14. The maximum atomic E-state index is 3.70. The van der Waals surface area contributed by atoms with Gasteiger partial charge in [0.2, 0.25) is 0 Å². The quantitative estimate of drug-likeness (QED) is 0.698. The molecule has 2 aromatic carbocycles. The van der Waals surface area contributed by atoms with Gasteiger partial charge in [-0.15, -0.1) is 0 Å². The Kier molecular flexibility index (Phi) is 4.07. The molecule has 2 heteroatoms. The van der Waals surface area contributed by atoms with E-state index in [1.54, 1.807) is 0 Å². The number of hydrogen-bond donors (Lipinski definition) is 2. The maximum Gasteiger partial charge on any atom is 0.0454 e. The van der Waals surface area contributed by atoms with Crippen molar-refractivity contribution < 1.29 is 0 Å². The van der Waals surface area contributed by atoms with E-state index in [0.717, 1.165) is 6.54 Å². The van der Waals surface area contributed by atoms with Gasteiger partial charge in [0.25, 0.3) is 0 Å². The molecule has 0 aliphatic rings. The molecule has 0 spiro atoms. The van der Waals surface area contributed by atoms with Crippen molar-refractivity contribution in [3.05, 3.63) is 71.9 Å². The summed E-state index contributed by atoms with van der Waals surface area (Å²) in [6.45, 7) is 5.42. The van der Waals surface area contributed by atoms with E-state index < -0.39 is 0 Å². The minimum atomic E-state index is 0.383. The summed E-state index contributed by atoms with van der Waals surface area (Å²) in [7, 11) is 0. The van der Waals surface area contributed by atoms with Gasteiger partial charge in [-0.05, 0) is 40.6 Å². The second-order valence-electron chi connectivity index (χ2n) is 5.91. The summed E-state index contributed by atoms with van der Waals surface area (Å²) >= 11 is 0. The van der Waals surface area contributed by atoms with E-state index >= 15 is 0 Å². The van der Waals surface area contributed by atoms with Crippen LogP contribution in [0.1, 0.15) is 31.0 Å². The van der Waals surface area contributed by atoms with Gasteiger partial charge in [0.15, 0.2) is 0 Å². The Hall–Kier alpha value is -2.06. The Morgan fingerprint density at radius 3 is 2.57 bits per heavy atom. The van der Waals surface area contributed by atoms with Crippen LogP contribution in [0.3, 0.4) is 0 Å². The van der Waals surface area contributed by atoms with Gasteiger partial charge in [-0.3, -0.25) is 0 Å². The molecular weight excluding hydrogens is 256 g/mol. The van der Waals surface area contributed by atoms with Crippen LogP contribution in [0, 0.1) is 5.92 Å². The van der Waals surface area contributed by atoms with E-state index in [4.69, 9.17) is 0 Å². The van der Waals surface area contributed by atoms with Gasteiger partial charge in [0.1, 0.15) is 0 Å². The number of hydrogen-bond acceptors (Lipinski definition) is 1. The second kappa shape index (κ2) is 6.15. The van der Waals surface area contributed by atoms with Gasteiger partial charge in [0, 0.05) is 24.3 Å². The number of rotatable bonds is 5. The molecule has 0 fully saturated rings. The molecule has 3 aromatic rings. The maximum absolute atomic E-state index is 3.70. The monoisotopic (exact) mass is 278 g/mol. The number of aromatic amines is 1. The molecule has 2 nitrogen and oxygen atoms in total. The second-order valence-corrected chi connectivity index (χ2v) is 5.91. The number of H-pyrrole nitrogens is 1. The number of fused-ring (bicyclic) bond motifs is 1. The zero-order chi connectivity index (χ0) is 14.7. The SMILES string of the molecule is CC(C)C(NCc1ccc2[nH]ccc2c1)c1ccccc1. The number of benzene rings is 2. The summed E-state index contributed by atoms with van der Waals surface area (Å²) < 4.78 is 0. The van der Waals surface area contributed by atoms with Crippen LogP contribution in [0.2, 0.25) is 0 Å². The predicted octanol–water partition coefficient (Wildman–Crippen LogP) is 4.65. The third-order valence-corrected chi connectivity index (χ3v) is 3.97. The Morgan fingerprint density at radius 2 is 1.81 bits per heavy atom. The van der Waals surface area contributed by atoms with Gasteiger partial charge in [-0.25, -0.2) is 0 Å². The molecule has 0 aliphatic carbocycles. The molecule has 3 rings (SSSR count). The van der Waals surface area contributed by atoms with Crippen LogP contribution in [0.5, 0.6) is 0 Å². The van der Waals surface area contributed by atoms with E-state index in [1.807, 2.05) is 6.20 Å². The third kappa shape index (κ3) is 3.17.